The van der Waals surface area contributed by atoms with Crippen molar-refractivity contribution in [2.75, 3.05) is 13.1 Å². The number of piperidine rings is 2. The SMILES string of the molecule is CCn1ncc2c(F)cc(-c3ccc([C@]4(C)C(=O)NCCC4CCn4ncc5c(F)cc(-c6ccc([C@@]7(C)CCCNC7=O)c(=O)[nH]6)cc54)c(O)n3)cc21. The molecule has 0 bridgehead atoms. The van der Waals surface area contributed by atoms with Crippen LogP contribution >= 0.6 is 0 Å². The third-order valence-electron chi connectivity index (χ3n) is 11.7. The molecule has 2 amide bonds. The van der Waals surface area contributed by atoms with Gasteiger partial charge in [-0.2, -0.15) is 10.2 Å². The van der Waals surface area contributed by atoms with Gasteiger partial charge in [-0.05, 0) is 88.8 Å². The Hall–Kier alpha value is -5.92. The van der Waals surface area contributed by atoms with E-state index in [2.05, 4.69) is 30.8 Å². The van der Waals surface area contributed by atoms with Crippen molar-refractivity contribution in [3.05, 3.63) is 94.0 Å². The van der Waals surface area contributed by atoms with Crippen molar-refractivity contribution in [1.82, 2.24) is 40.2 Å². The van der Waals surface area contributed by atoms with E-state index in [0.29, 0.717) is 101 Å². The zero-order valence-electron chi connectivity index (χ0n) is 30.2. The molecule has 3 atom stereocenters. The van der Waals surface area contributed by atoms with Crippen molar-refractivity contribution in [3.63, 3.8) is 0 Å². The number of amides is 2. The predicted molar refractivity (Wildman–Crippen MR) is 199 cm³/mol. The van der Waals surface area contributed by atoms with Crippen LogP contribution in [0, 0.1) is 17.6 Å². The second kappa shape index (κ2) is 13.2. The highest BCUT2D eigenvalue weighted by Crippen LogP contribution is 2.43. The number of halogens is 2. The van der Waals surface area contributed by atoms with Crippen LogP contribution in [0.3, 0.4) is 0 Å². The third-order valence-corrected chi connectivity index (χ3v) is 11.7. The Morgan fingerprint density at radius 3 is 2.22 bits per heavy atom. The summed E-state index contributed by atoms with van der Waals surface area (Å²) in [7, 11) is 0. The molecule has 2 fully saturated rings. The summed E-state index contributed by atoms with van der Waals surface area (Å²) in [6.45, 7) is 7.36. The Labute approximate surface area is 308 Å². The van der Waals surface area contributed by atoms with Crippen molar-refractivity contribution in [2.45, 2.75) is 70.4 Å². The zero-order chi connectivity index (χ0) is 37.9. The normalized spacial score (nSPS) is 21.8. The molecule has 2 aromatic carbocycles. The van der Waals surface area contributed by atoms with Crippen LogP contribution in [-0.4, -0.2) is 59.5 Å². The van der Waals surface area contributed by atoms with Gasteiger partial charge in [0.2, 0.25) is 17.7 Å². The van der Waals surface area contributed by atoms with Crippen LogP contribution in [0.15, 0.2) is 65.7 Å². The number of aromatic nitrogens is 6. The molecular formula is C40H40F2N8O4. The van der Waals surface area contributed by atoms with Gasteiger partial charge in [0.15, 0.2) is 0 Å². The van der Waals surface area contributed by atoms with E-state index in [-0.39, 0.29) is 23.6 Å². The largest absolute Gasteiger partial charge is 0.493 e. The molecule has 0 saturated carbocycles. The van der Waals surface area contributed by atoms with E-state index >= 15 is 8.78 Å². The summed E-state index contributed by atoms with van der Waals surface area (Å²) < 4.78 is 33.9. The summed E-state index contributed by atoms with van der Waals surface area (Å²) in [4.78, 5) is 46.9. The number of carbonyl (C=O) groups is 2. The van der Waals surface area contributed by atoms with E-state index in [0.717, 1.165) is 6.42 Å². The second-order valence-electron chi connectivity index (χ2n) is 14.7. The van der Waals surface area contributed by atoms with Crippen molar-refractivity contribution < 1.29 is 23.5 Å². The summed E-state index contributed by atoms with van der Waals surface area (Å²) in [5.41, 5.74) is 0.968. The molecule has 4 N–H and O–H groups in total. The third kappa shape index (κ3) is 5.62. The topological polar surface area (TPSA) is 160 Å². The first kappa shape index (κ1) is 35.1. The van der Waals surface area contributed by atoms with Crippen LogP contribution in [0.5, 0.6) is 5.88 Å². The Bertz CT molecular complexity index is 2540. The molecule has 2 aliphatic heterocycles. The highest BCUT2D eigenvalue weighted by Gasteiger charge is 2.47. The van der Waals surface area contributed by atoms with Gasteiger partial charge >= 0.3 is 0 Å². The second-order valence-corrected chi connectivity index (χ2v) is 14.7. The van der Waals surface area contributed by atoms with Gasteiger partial charge < -0.3 is 20.7 Å². The Morgan fingerprint density at radius 2 is 1.52 bits per heavy atom. The van der Waals surface area contributed by atoms with Crippen LogP contribution in [0.2, 0.25) is 0 Å². The number of H-pyrrole nitrogens is 1. The lowest BCUT2D eigenvalue weighted by molar-refractivity contribution is -0.131. The number of rotatable bonds is 8. The van der Waals surface area contributed by atoms with Crippen LogP contribution in [0.1, 0.15) is 57.6 Å². The quantitative estimate of drug-likeness (QED) is 0.162. The molecule has 0 spiro atoms. The smallest absolute Gasteiger partial charge is 0.252 e. The maximum atomic E-state index is 15.5. The van der Waals surface area contributed by atoms with E-state index in [4.69, 9.17) is 0 Å². The van der Waals surface area contributed by atoms with Crippen molar-refractivity contribution in [3.8, 4) is 28.4 Å². The lowest BCUT2D eigenvalue weighted by atomic mass is 9.66. The predicted octanol–water partition coefficient (Wildman–Crippen LogP) is 5.46. The summed E-state index contributed by atoms with van der Waals surface area (Å²) in [5.74, 6) is -1.98. The van der Waals surface area contributed by atoms with E-state index in [1.807, 2.05) is 6.92 Å². The van der Waals surface area contributed by atoms with E-state index in [9.17, 15) is 19.5 Å². The first-order chi connectivity index (χ1) is 25.9. The summed E-state index contributed by atoms with van der Waals surface area (Å²) >= 11 is 0. The summed E-state index contributed by atoms with van der Waals surface area (Å²) in [6, 6.07) is 12.9. The van der Waals surface area contributed by atoms with Gasteiger partial charge in [-0.25, -0.2) is 13.8 Å². The van der Waals surface area contributed by atoms with Gasteiger partial charge in [0, 0.05) is 54.1 Å². The number of nitrogens with zero attached hydrogens (tertiary/aromatic N) is 5. The number of aromatic amines is 1. The molecule has 0 aliphatic carbocycles. The lowest BCUT2D eigenvalue weighted by Gasteiger charge is -2.40. The number of aryl methyl sites for hydroxylation is 2. The number of fused-ring (bicyclic) bond motifs is 2. The van der Waals surface area contributed by atoms with Crippen LogP contribution in [0.25, 0.3) is 44.3 Å². The van der Waals surface area contributed by atoms with Gasteiger partial charge in [0.05, 0.1) is 50.7 Å². The van der Waals surface area contributed by atoms with Gasteiger partial charge in [0.25, 0.3) is 5.56 Å². The van der Waals surface area contributed by atoms with Gasteiger partial charge in [-0.3, -0.25) is 23.7 Å². The number of hydrogen-bond acceptors (Lipinski definition) is 7. The van der Waals surface area contributed by atoms with E-state index in [1.54, 1.807) is 59.6 Å². The maximum absolute atomic E-state index is 15.5. The fourth-order valence-corrected chi connectivity index (χ4v) is 8.37. The first-order valence-electron chi connectivity index (χ1n) is 18.2. The van der Waals surface area contributed by atoms with Gasteiger partial charge in [-0.15, -0.1) is 0 Å². The number of nitrogens with one attached hydrogen (secondary N) is 3. The molecule has 6 heterocycles. The molecular weight excluding hydrogens is 694 g/mol. The van der Waals surface area contributed by atoms with Gasteiger partial charge in [0.1, 0.15) is 11.6 Å². The van der Waals surface area contributed by atoms with E-state index in [1.165, 1.54) is 24.5 Å². The van der Waals surface area contributed by atoms with Crippen molar-refractivity contribution >= 4 is 33.6 Å². The molecule has 2 aliphatic rings. The number of hydrogen-bond donors (Lipinski definition) is 4. The van der Waals surface area contributed by atoms with E-state index < -0.39 is 28.0 Å². The summed E-state index contributed by atoms with van der Waals surface area (Å²) in [5, 5.41) is 26.6. The first-order valence-corrected chi connectivity index (χ1v) is 18.2. The fourth-order valence-electron chi connectivity index (χ4n) is 8.37. The zero-order valence-corrected chi connectivity index (χ0v) is 30.2. The minimum Gasteiger partial charge on any atom is -0.493 e. The van der Waals surface area contributed by atoms with Crippen LogP contribution in [-0.2, 0) is 33.5 Å². The summed E-state index contributed by atoms with van der Waals surface area (Å²) in [6.07, 6.45) is 5.32. The molecule has 278 valence electrons. The fraction of sp³-hybridized carbons (Fsp3) is 0.350. The monoisotopic (exact) mass is 734 g/mol. The molecule has 4 aromatic heterocycles. The molecule has 54 heavy (non-hydrogen) atoms. The van der Waals surface area contributed by atoms with Gasteiger partial charge in [-0.1, -0.05) is 12.1 Å². The molecule has 0 radical (unpaired) electrons. The molecule has 1 unspecified atom stereocenters. The molecule has 14 heteroatoms. The van der Waals surface area contributed by atoms with Crippen molar-refractivity contribution in [1.29, 1.82) is 0 Å². The number of pyridine rings is 2. The molecule has 6 aromatic rings. The highest BCUT2D eigenvalue weighted by atomic mass is 19.1. The Morgan fingerprint density at radius 1 is 0.852 bits per heavy atom. The Balaban J connectivity index is 1.07. The lowest BCUT2D eigenvalue weighted by Crippen LogP contribution is -2.53. The highest BCUT2D eigenvalue weighted by molar-refractivity contribution is 5.91. The Kier molecular flexibility index (Phi) is 8.58. The minimum absolute atomic E-state index is 0.190. The average Bonchev–Trinajstić information content (AvgIpc) is 3.78. The average molecular weight is 735 g/mol. The van der Waals surface area contributed by atoms with Crippen molar-refractivity contribution in [2.24, 2.45) is 5.92 Å². The molecule has 8 rings (SSSR count). The number of aromatic hydroxyl groups is 1. The number of benzene rings is 2. The molecule has 12 nitrogen and oxygen atoms in total. The maximum Gasteiger partial charge on any atom is 0.252 e. The standard InChI is InChI=1S/C40H40F2N8O4/c1-4-49-33-18-22(16-29(41)25(33)20-45-49)32-9-7-28(36(52)48-32)40(3)24(10-14-44-38(40)54)11-15-50-34-19-23(17-30(42)26(34)21-46-50)31-8-6-27(35(51)47-31)39(2)12-5-13-43-37(39)53/h6-9,16-21,24H,4-5,10-15H2,1-3H3,(H,43,53)(H,44,54)(H,47,51)(H,48,52)/t24?,39-,40-/m1/s1. The van der Waals surface area contributed by atoms with Crippen LogP contribution in [0.4, 0.5) is 8.78 Å². The number of carbonyl (C=O) groups excluding carboxylic acids is 2. The van der Waals surface area contributed by atoms with Crippen LogP contribution < -0.4 is 16.2 Å². The molecule has 2 saturated heterocycles. The minimum atomic E-state index is -1.17.